The van der Waals surface area contributed by atoms with E-state index in [1.165, 1.54) is 32.1 Å². The third-order valence-electron chi connectivity index (χ3n) is 2.36. The molecule has 108 valence electrons. The first kappa shape index (κ1) is 20.8. The predicted molar refractivity (Wildman–Crippen MR) is 70.8 cm³/mol. The van der Waals surface area contributed by atoms with E-state index < -0.39 is 0 Å². The van der Waals surface area contributed by atoms with Crippen molar-refractivity contribution in [3.63, 3.8) is 0 Å². The Labute approximate surface area is 127 Å². The van der Waals surface area contributed by atoms with Crippen LogP contribution in [-0.2, 0) is 23.7 Å². The standard InChI is InChI=1S/C8H18O.C6H6O2.O.Ti/c1-2-3-4-5-6-7-8-9;7-8-6-4-2-1-3-5-6;;/h9H,2-8H2,1H3;1-5,7H;;. The Morgan fingerprint density at radius 2 is 1.53 bits per heavy atom. The average Bonchev–Trinajstić information content (AvgIpc) is 2.51. The summed E-state index contributed by atoms with van der Waals surface area (Å²) >= 11 is 0.750. The molecule has 1 aromatic rings. The number of hydrogen-bond donors (Lipinski definition) is 2. The van der Waals surface area contributed by atoms with Gasteiger partial charge in [0, 0.05) is 6.61 Å². The molecule has 0 heterocycles. The zero-order valence-electron chi connectivity index (χ0n) is 11.5. The average molecular weight is 304 g/mol. The van der Waals surface area contributed by atoms with Gasteiger partial charge in [0.1, 0.15) is 0 Å². The van der Waals surface area contributed by atoms with Gasteiger partial charge in [-0.3, -0.25) is 0 Å². The third-order valence-corrected chi connectivity index (χ3v) is 2.36. The monoisotopic (exact) mass is 304 g/mol. The quantitative estimate of drug-likeness (QED) is 0.348. The summed E-state index contributed by atoms with van der Waals surface area (Å²) in [6.07, 6.45) is 7.50. The van der Waals surface area contributed by atoms with Crippen molar-refractivity contribution in [2.24, 2.45) is 0 Å². The number of aliphatic hydroxyl groups is 1. The molecule has 0 fully saturated rings. The fourth-order valence-electron chi connectivity index (χ4n) is 1.37. The van der Waals surface area contributed by atoms with Crippen LogP contribution in [0.25, 0.3) is 0 Å². The Morgan fingerprint density at radius 1 is 1.00 bits per heavy atom. The summed E-state index contributed by atoms with van der Waals surface area (Å²) in [6, 6.07) is 8.75. The molecule has 0 bridgehead atoms. The molecule has 19 heavy (non-hydrogen) atoms. The predicted octanol–water partition coefficient (Wildman–Crippen LogP) is 3.76. The molecule has 0 unspecified atom stereocenters. The van der Waals surface area contributed by atoms with Gasteiger partial charge in [-0.15, -0.1) is 0 Å². The number of rotatable bonds is 7. The van der Waals surface area contributed by atoms with E-state index in [2.05, 4.69) is 11.8 Å². The topological polar surface area (TPSA) is 66.8 Å². The van der Waals surface area contributed by atoms with Gasteiger partial charge in [0.15, 0.2) is 5.75 Å². The molecule has 1 rings (SSSR count). The molecule has 0 atom stereocenters. The van der Waals surface area contributed by atoms with Crippen LogP contribution in [-0.4, -0.2) is 17.0 Å². The van der Waals surface area contributed by atoms with E-state index in [1.807, 2.05) is 6.07 Å². The van der Waals surface area contributed by atoms with E-state index in [1.54, 1.807) is 24.3 Å². The summed E-state index contributed by atoms with van der Waals surface area (Å²) in [5, 5.41) is 16.5. The zero-order valence-corrected chi connectivity index (χ0v) is 13.1. The molecule has 5 heteroatoms. The Bertz CT molecular complexity index is 251. The second-order valence-electron chi connectivity index (χ2n) is 3.90. The molecule has 2 N–H and O–H groups in total. The van der Waals surface area contributed by atoms with Crippen LogP contribution in [0.2, 0.25) is 0 Å². The Kier molecular flexibility index (Phi) is 21.6. The molecule has 0 aliphatic carbocycles. The SMILES string of the molecule is CCCCCCCCO.OOc1ccccc1.[O]=[Ti]. The Morgan fingerprint density at radius 3 is 1.95 bits per heavy atom. The van der Waals surface area contributed by atoms with E-state index in [0.717, 1.165) is 26.8 Å². The summed E-state index contributed by atoms with van der Waals surface area (Å²) in [5.74, 6) is 0.465. The number of benzene rings is 1. The fraction of sp³-hybridized carbons (Fsp3) is 0.571. The minimum absolute atomic E-state index is 0.367. The van der Waals surface area contributed by atoms with Crippen LogP contribution < -0.4 is 4.89 Å². The van der Waals surface area contributed by atoms with Gasteiger partial charge in [0.25, 0.3) is 0 Å². The van der Waals surface area contributed by atoms with Gasteiger partial charge in [-0.2, -0.15) is 0 Å². The van der Waals surface area contributed by atoms with Crippen molar-refractivity contribution in [2.75, 3.05) is 6.61 Å². The van der Waals surface area contributed by atoms with Crippen molar-refractivity contribution < 1.29 is 39.0 Å². The molecule has 0 radical (unpaired) electrons. The minimum atomic E-state index is 0.367. The van der Waals surface area contributed by atoms with Crippen molar-refractivity contribution in [3.05, 3.63) is 30.3 Å². The van der Waals surface area contributed by atoms with Gasteiger partial charge in [-0.05, 0) is 18.6 Å². The molecule has 0 aromatic heterocycles. The molecular weight excluding hydrogens is 280 g/mol. The summed E-state index contributed by atoms with van der Waals surface area (Å²) in [4.78, 5) is 3.91. The van der Waals surface area contributed by atoms with Crippen molar-refractivity contribution in [1.82, 2.24) is 0 Å². The van der Waals surface area contributed by atoms with E-state index in [4.69, 9.17) is 13.7 Å². The van der Waals surface area contributed by atoms with Gasteiger partial charge in [-0.1, -0.05) is 57.2 Å². The van der Waals surface area contributed by atoms with Crippen LogP contribution in [0.4, 0.5) is 0 Å². The maximum atomic E-state index is 8.42. The van der Waals surface area contributed by atoms with Gasteiger partial charge in [-0.25, -0.2) is 5.26 Å². The number of unbranched alkanes of at least 4 members (excludes halogenated alkanes) is 5. The van der Waals surface area contributed by atoms with Crippen LogP contribution in [0, 0.1) is 0 Å². The molecule has 0 saturated heterocycles. The Hall–Kier alpha value is -0.546. The summed E-state index contributed by atoms with van der Waals surface area (Å²) in [6.45, 7) is 2.58. The molecule has 0 aliphatic rings. The first-order valence-electron chi connectivity index (χ1n) is 6.52. The Balaban J connectivity index is 0. The van der Waals surface area contributed by atoms with Crippen LogP contribution in [0.5, 0.6) is 5.75 Å². The van der Waals surface area contributed by atoms with Crippen LogP contribution in [0.3, 0.4) is 0 Å². The van der Waals surface area contributed by atoms with Gasteiger partial charge >= 0.3 is 23.7 Å². The fourth-order valence-corrected chi connectivity index (χ4v) is 1.37. The maximum absolute atomic E-state index is 8.42. The van der Waals surface area contributed by atoms with Crippen LogP contribution in [0.15, 0.2) is 30.3 Å². The number of para-hydroxylation sites is 1. The second kappa shape index (κ2) is 19.8. The van der Waals surface area contributed by atoms with Gasteiger partial charge in [0.2, 0.25) is 0 Å². The molecular formula is C14H24O4Ti. The summed E-state index contributed by atoms with van der Waals surface area (Å²) < 4.78 is 8.25. The molecule has 0 spiro atoms. The van der Waals surface area contributed by atoms with Crippen molar-refractivity contribution in [2.45, 2.75) is 45.4 Å². The molecule has 4 nitrogen and oxygen atoms in total. The third kappa shape index (κ3) is 17.5. The first-order chi connectivity index (χ1) is 9.35. The zero-order chi connectivity index (χ0) is 14.8. The molecule has 0 aliphatic heterocycles. The van der Waals surface area contributed by atoms with E-state index >= 15 is 0 Å². The molecule has 0 saturated carbocycles. The van der Waals surface area contributed by atoms with Crippen LogP contribution in [0.1, 0.15) is 45.4 Å². The number of aliphatic hydroxyl groups excluding tert-OH is 1. The van der Waals surface area contributed by atoms with E-state index in [-0.39, 0.29) is 0 Å². The summed E-state index contributed by atoms with van der Waals surface area (Å²) in [5.41, 5.74) is 0. The summed E-state index contributed by atoms with van der Waals surface area (Å²) in [7, 11) is 0. The van der Waals surface area contributed by atoms with Gasteiger partial charge in [0.05, 0.1) is 0 Å². The first-order valence-corrected chi connectivity index (χ1v) is 7.16. The number of hydrogen-bond acceptors (Lipinski definition) is 4. The van der Waals surface area contributed by atoms with E-state index in [0.29, 0.717) is 12.4 Å². The van der Waals surface area contributed by atoms with Crippen LogP contribution >= 0.6 is 0 Å². The van der Waals surface area contributed by atoms with E-state index in [9.17, 15) is 0 Å². The second-order valence-corrected chi connectivity index (χ2v) is 3.90. The molecule has 0 amide bonds. The van der Waals surface area contributed by atoms with Gasteiger partial charge < -0.3 is 9.99 Å². The van der Waals surface area contributed by atoms with Crippen molar-refractivity contribution in [3.8, 4) is 5.75 Å². The van der Waals surface area contributed by atoms with Crippen molar-refractivity contribution >= 4 is 0 Å². The molecule has 1 aromatic carbocycles. The normalized spacial score (nSPS) is 8.53. The van der Waals surface area contributed by atoms with Crippen molar-refractivity contribution in [1.29, 1.82) is 0 Å².